The van der Waals surface area contributed by atoms with Crippen molar-refractivity contribution in [1.82, 2.24) is 4.98 Å². The molecule has 0 spiro atoms. The molecule has 17 heavy (non-hydrogen) atoms. The summed E-state index contributed by atoms with van der Waals surface area (Å²) in [5, 5.41) is 10.6. The predicted octanol–water partition coefficient (Wildman–Crippen LogP) is 2.74. The van der Waals surface area contributed by atoms with E-state index in [0.717, 1.165) is 0 Å². The van der Waals surface area contributed by atoms with Gasteiger partial charge in [0.25, 0.3) is 5.69 Å². The van der Waals surface area contributed by atoms with Gasteiger partial charge in [-0.15, -0.1) is 0 Å². The summed E-state index contributed by atoms with van der Waals surface area (Å²) in [5.74, 6) is 0. The quantitative estimate of drug-likeness (QED) is 0.460. The Bertz CT molecular complexity index is 553. The molecule has 0 radical (unpaired) electrons. The van der Waals surface area contributed by atoms with Crippen LogP contribution in [-0.2, 0) is 0 Å². The summed E-state index contributed by atoms with van der Waals surface area (Å²) in [6.07, 6.45) is 4.85. The highest BCUT2D eigenvalue weighted by Gasteiger charge is 2.03. The third-order valence-corrected chi connectivity index (χ3v) is 2.09. The summed E-state index contributed by atoms with van der Waals surface area (Å²) in [4.78, 5) is 18.2. The van der Waals surface area contributed by atoms with Crippen molar-refractivity contribution in [3.8, 4) is 0 Å². The molecule has 0 bridgehead atoms. The van der Waals surface area contributed by atoms with Crippen LogP contribution in [0.5, 0.6) is 0 Å². The molecular weight excluding hydrogens is 218 g/mol. The van der Waals surface area contributed by atoms with Gasteiger partial charge >= 0.3 is 0 Å². The predicted molar refractivity (Wildman–Crippen MR) is 64.6 cm³/mol. The molecule has 1 aromatic heterocycles. The normalized spacial score (nSPS) is 10.6. The number of hydrogen-bond donors (Lipinski definition) is 0. The zero-order valence-electron chi connectivity index (χ0n) is 8.85. The number of aliphatic imine (C=N–C) groups is 1. The Labute approximate surface area is 97.6 Å². The maximum absolute atomic E-state index is 10.6. The lowest BCUT2D eigenvalue weighted by Gasteiger charge is -1.94. The Hall–Kier alpha value is -2.56. The molecule has 5 heteroatoms. The summed E-state index contributed by atoms with van der Waals surface area (Å²) in [5.41, 5.74) is 1.45. The lowest BCUT2D eigenvalue weighted by molar-refractivity contribution is -0.384. The van der Waals surface area contributed by atoms with E-state index in [9.17, 15) is 10.1 Å². The van der Waals surface area contributed by atoms with Gasteiger partial charge in [-0.1, -0.05) is 12.1 Å². The molecule has 0 saturated carbocycles. The first-order valence-corrected chi connectivity index (χ1v) is 4.94. The minimum atomic E-state index is -0.429. The van der Waals surface area contributed by atoms with Crippen LogP contribution in [0, 0.1) is 10.1 Å². The number of aromatic nitrogens is 1. The highest BCUT2D eigenvalue weighted by Crippen LogP contribution is 2.13. The summed E-state index contributed by atoms with van der Waals surface area (Å²) in [6.45, 7) is 0. The second-order valence-corrected chi connectivity index (χ2v) is 3.32. The highest BCUT2D eigenvalue weighted by molar-refractivity contribution is 5.82. The summed E-state index contributed by atoms with van der Waals surface area (Å²) >= 11 is 0. The van der Waals surface area contributed by atoms with Crippen LogP contribution < -0.4 is 0 Å². The van der Waals surface area contributed by atoms with Gasteiger partial charge in [0.15, 0.2) is 0 Å². The van der Waals surface area contributed by atoms with Gasteiger partial charge < -0.3 is 0 Å². The molecule has 5 nitrogen and oxygen atoms in total. The molecule has 2 aromatic rings. The number of nitrogens with zero attached hydrogens (tertiary/aromatic N) is 3. The SMILES string of the molecule is O=[N+]([O-])c1cccc(C=Nc2cccnc2)c1. The van der Waals surface area contributed by atoms with Crippen LogP contribution >= 0.6 is 0 Å². The van der Waals surface area contributed by atoms with E-state index in [1.165, 1.54) is 12.1 Å². The molecule has 1 heterocycles. The van der Waals surface area contributed by atoms with Crippen LogP contribution in [0.25, 0.3) is 0 Å². The van der Waals surface area contributed by atoms with Gasteiger partial charge in [0.1, 0.15) is 0 Å². The molecular formula is C12H9N3O2. The molecule has 1 aromatic carbocycles. The topological polar surface area (TPSA) is 68.4 Å². The van der Waals surface area contributed by atoms with Crippen LogP contribution in [0.4, 0.5) is 11.4 Å². The van der Waals surface area contributed by atoms with Gasteiger partial charge in [0, 0.05) is 24.5 Å². The Kier molecular flexibility index (Phi) is 3.20. The van der Waals surface area contributed by atoms with Gasteiger partial charge in [-0.05, 0) is 17.7 Å². The Morgan fingerprint density at radius 1 is 1.29 bits per heavy atom. The molecule has 0 N–H and O–H groups in total. The fourth-order valence-electron chi connectivity index (χ4n) is 1.30. The maximum Gasteiger partial charge on any atom is 0.270 e. The number of non-ortho nitro benzene ring substituents is 1. The standard InChI is InChI=1S/C12H9N3O2/c16-15(17)12-5-1-3-10(7-12)8-14-11-4-2-6-13-9-11/h1-9H. The number of hydrogen-bond acceptors (Lipinski definition) is 4. The maximum atomic E-state index is 10.6. The molecule has 2 rings (SSSR count). The van der Waals surface area contributed by atoms with Crippen LogP contribution in [0.2, 0.25) is 0 Å². The molecule has 0 saturated heterocycles. The molecule has 0 amide bonds. The van der Waals surface area contributed by atoms with E-state index < -0.39 is 4.92 Å². The monoisotopic (exact) mass is 227 g/mol. The number of nitro groups is 1. The van der Waals surface area contributed by atoms with Gasteiger partial charge in [0.2, 0.25) is 0 Å². The molecule has 0 aliphatic heterocycles. The number of rotatable bonds is 3. The Morgan fingerprint density at radius 2 is 2.18 bits per heavy atom. The molecule has 84 valence electrons. The highest BCUT2D eigenvalue weighted by atomic mass is 16.6. The number of pyridine rings is 1. The van der Waals surface area contributed by atoms with Gasteiger partial charge in [-0.25, -0.2) is 0 Å². The minimum absolute atomic E-state index is 0.0557. The fraction of sp³-hybridized carbons (Fsp3) is 0. The first kappa shape index (κ1) is 10.9. The average Bonchev–Trinajstić information content (AvgIpc) is 2.38. The van der Waals surface area contributed by atoms with Crippen molar-refractivity contribution in [3.63, 3.8) is 0 Å². The Morgan fingerprint density at radius 3 is 2.88 bits per heavy atom. The average molecular weight is 227 g/mol. The molecule has 0 fully saturated rings. The fourth-order valence-corrected chi connectivity index (χ4v) is 1.30. The van der Waals surface area contributed by atoms with Crippen LogP contribution in [0.15, 0.2) is 53.8 Å². The van der Waals surface area contributed by atoms with Crippen molar-refractivity contribution in [3.05, 3.63) is 64.5 Å². The number of benzene rings is 1. The van der Waals surface area contributed by atoms with E-state index in [0.29, 0.717) is 11.3 Å². The molecule has 0 unspecified atom stereocenters. The van der Waals surface area contributed by atoms with E-state index in [1.54, 1.807) is 42.9 Å². The van der Waals surface area contributed by atoms with E-state index in [-0.39, 0.29) is 5.69 Å². The van der Waals surface area contributed by atoms with E-state index in [4.69, 9.17) is 0 Å². The molecule has 0 atom stereocenters. The lowest BCUT2D eigenvalue weighted by Crippen LogP contribution is -1.89. The van der Waals surface area contributed by atoms with Crippen LogP contribution in [0.3, 0.4) is 0 Å². The zero-order chi connectivity index (χ0) is 12.1. The summed E-state index contributed by atoms with van der Waals surface area (Å²) in [7, 11) is 0. The second-order valence-electron chi connectivity index (χ2n) is 3.32. The van der Waals surface area contributed by atoms with E-state index in [1.807, 2.05) is 0 Å². The van der Waals surface area contributed by atoms with Crippen LogP contribution in [-0.4, -0.2) is 16.1 Å². The van der Waals surface area contributed by atoms with Crippen molar-refractivity contribution in [2.75, 3.05) is 0 Å². The summed E-state index contributed by atoms with van der Waals surface area (Å²) in [6, 6.07) is 9.89. The van der Waals surface area contributed by atoms with Crippen molar-refractivity contribution >= 4 is 17.6 Å². The second kappa shape index (κ2) is 4.98. The van der Waals surface area contributed by atoms with Gasteiger partial charge in [0.05, 0.1) is 16.8 Å². The van der Waals surface area contributed by atoms with Crippen molar-refractivity contribution in [1.29, 1.82) is 0 Å². The smallest absolute Gasteiger partial charge is 0.262 e. The molecule has 0 aliphatic rings. The summed E-state index contributed by atoms with van der Waals surface area (Å²) < 4.78 is 0. The lowest BCUT2D eigenvalue weighted by atomic mass is 10.2. The third-order valence-electron chi connectivity index (χ3n) is 2.09. The van der Waals surface area contributed by atoms with E-state index >= 15 is 0 Å². The zero-order valence-corrected chi connectivity index (χ0v) is 8.85. The Balaban J connectivity index is 2.22. The third kappa shape index (κ3) is 2.94. The first-order chi connectivity index (χ1) is 8.25. The first-order valence-electron chi connectivity index (χ1n) is 4.94. The number of nitro benzene ring substituents is 1. The van der Waals surface area contributed by atoms with Gasteiger partial charge in [-0.2, -0.15) is 0 Å². The van der Waals surface area contributed by atoms with E-state index in [2.05, 4.69) is 9.98 Å². The minimum Gasteiger partial charge on any atom is -0.262 e. The van der Waals surface area contributed by atoms with Crippen LogP contribution in [0.1, 0.15) is 5.56 Å². The van der Waals surface area contributed by atoms with Crippen molar-refractivity contribution in [2.24, 2.45) is 4.99 Å². The van der Waals surface area contributed by atoms with Gasteiger partial charge in [-0.3, -0.25) is 20.1 Å². The largest absolute Gasteiger partial charge is 0.270 e. The van der Waals surface area contributed by atoms with Crippen molar-refractivity contribution in [2.45, 2.75) is 0 Å². The van der Waals surface area contributed by atoms with Crippen molar-refractivity contribution < 1.29 is 4.92 Å². The molecule has 0 aliphatic carbocycles.